The van der Waals surface area contributed by atoms with E-state index in [0.29, 0.717) is 38.6 Å². The predicted octanol–water partition coefficient (Wildman–Crippen LogP) is 6.29. The second-order valence-corrected chi connectivity index (χ2v) is 17.6. The molecule has 8 N–H and O–H groups in total. The largest absolute Gasteiger partial charge is 0.481 e. The molecule has 3 atom stereocenters. The van der Waals surface area contributed by atoms with E-state index in [-0.39, 0.29) is 55.6 Å². The quantitative estimate of drug-likeness (QED) is 0.0317. The predicted molar refractivity (Wildman–Crippen MR) is 235 cm³/mol. The first-order valence-electron chi connectivity index (χ1n) is 23.6. The minimum Gasteiger partial charge on any atom is -0.481 e. The summed E-state index contributed by atoms with van der Waals surface area (Å²) in [6.07, 6.45) is 19.9. The second-order valence-electron chi connectivity index (χ2n) is 17.6. The van der Waals surface area contributed by atoms with E-state index in [2.05, 4.69) is 21.3 Å². The number of Topliss-reactive ketones (excluding diaryl/α,β-unsaturated/α-hetero) is 1. The average molecular weight is 895 g/mol. The lowest BCUT2D eigenvalue weighted by Crippen LogP contribution is -2.46. The maximum Gasteiger partial charge on any atom is 0.326 e. The molecule has 1 saturated carbocycles. The summed E-state index contributed by atoms with van der Waals surface area (Å²) in [5.41, 5.74) is 0. The third kappa shape index (κ3) is 28.7. The van der Waals surface area contributed by atoms with E-state index in [1.54, 1.807) is 13.8 Å². The van der Waals surface area contributed by atoms with E-state index < -0.39 is 78.5 Å². The summed E-state index contributed by atoms with van der Waals surface area (Å²) in [6, 6.07) is -4.26. The van der Waals surface area contributed by atoms with Crippen LogP contribution in [-0.4, -0.2) is 98.4 Å². The van der Waals surface area contributed by atoms with Crippen molar-refractivity contribution in [2.24, 2.45) is 17.8 Å². The number of unbranched alkanes of at least 4 members (excludes halogenated alkanes) is 15. The highest BCUT2D eigenvalue weighted by molar-refractivity contribution is 5.88. The summed E-state index contributed by atoms with van der Waals surface area (Å²) in [7, 11) is 0. The molecule has 0 aromatic heterocycles. The summed E-state index contributed by atoms with van der Waals surface area (Å²) >= 11 is 0. The Morgan fingerprint density at radius 3 is 1.19 bits per heavy atom. The van der Waals surface area contributed by atoms with Crippen molar-refractivity contribution in [3.05, 3.63) is 0 Å². The summed E-state index contributed by atoms with van der Waals surface area (Å²) in [6.45, 7) is 3.87. The van der Waals surface area contributed by atoms with Gasteiger partial charge in [-0.1, -0.05) is 104 Å². The third-order valence-electron chi connectivity index (χ3n) is 11.9. The number of rotatable bonds is 38. The van der Waals surface area contributed by atoms with E-state index in [1.165, 1.54) is 64.2 Å². The monoisotopic (exact) mass is 895 g/mol. The van der Waals surface area contributed by atoms with Crippen molar-refractivity contribution in [3.8, 4) is 0 Å². The molecule has 0 spiro atoms. The molecule has 1 rings (SSSR count). The molecular weight excluding hydrogens is 817 g/mol. The normalized spacial score (nSPS) is 16.3. The molecule has 0 bridgehead atoms. The molecule has 0 aromatic carbocycles. The Bertz CT molecular complexity index is 1430. The zero-order valence-electron chi connectivity index (χ0n) is 37.9. The fourth-order valence-corrected chi connectivity index (χ4v) is 7.73. The smallest absolute Gasteiger partial charge is 0.326 e. The van der Waals surface area contributed by atoms with Gasteiger partial charge in [0.05, 0.1) is 0 Å². The molecule has 0 aromatic rings. The fraction of sp³-hybridized carbons (Fsp3) is 0.804. The van der Waals surface area contributed by atoms with Crippen LogP contribution in [0.15, 0.2) is 0 Å². The molecule has 4 amide bonds. The van der Waals surface area contributed by atoms with Gasteiger partial charge in [0.25, 0.3) is 0 Å². The van der Waals surface area contributed by atoms with Gasteiger partial charge in [0.2, 0.25) is 23.6 Å². The number of hydrogen-bond donors (Lipinski definition) is 8. The van der Waals surface area contributed by atoms with Crippen LogP contribution in [0.1, 0.15) is 194 Å². The molecule has 0 aliphatic heterocycles. The van der Waals surface area contributed by atoms with Gasteiger partial charge < -0.3 is 41.7 Å². The number of ketones is 1. The molecule has 0 saturated heterocycles. The number of carbonyl (C=O) groups is 9. The topological polar surface area (TPSA) is 283 Å². The molecule has 1 aliphatic rings. The van der Waals surface area contributed by atoms with Crippen molar-refractivity contribution in [3.63, 3.8) is 0 Å². The minimum absolute atomic E-state index is 0.0259. The zero-order chi connectivity index (χ0) is 47.0. The first kappa shape index (κ1) is 56.4. The Balaban J connectivity index is 2.23. The van der Waals surface area contributed by atoms with Crippen LogP contribution in [0.5, 0.6) is 0 Å². The highest BCUT2D eigenvalue weighted by Crippen LogP contribution is 2.29. The molecule has 1 fully saturated rings. The standard InChI is InChI=1S/C46H78N4O13/c1-32(2)38(51)28-25-35(44(58)59)48-40(53)29-26-36(45(60)61)49-41(54)30-27-37(46(62)63)50-43(57)34-23-21-33(22-24-34)31-47-39(52)19-17-15-13-11-9-7-5-3-4-6-8-10-12-14-16-18-20-42(55)56/h32-37H,3-31H2,1-2H3,(H,47,52)(H,48,53)(H,49,54)(H,50,57)(H,55,56)(H,58,59)(H,60,61)(H,62,63)/t33-,34-,35?,36-,37?/m0/s1. The molecule has 2 unspecified atom stereocenters. The molecule has 0 heterocycles. The first-order chi connectivity index (χ1) is 30.0. The van der Waals surface area contributed by atoms with Crippen LogP contribution in [0.25, 0.3) is 0 Å². The number of carboxylic acid groups (broad SMARTS) is 4. The Morgan fingerprint density at radius 1 is 0.444 bits per heavy atom. The van der Waals surface area contributed by atoms with E-state index in [9.17, 15) is 58.5 Å². The second kappa shape index (κ2) is 33.9. The lowest BCUT2D eigenvalue weighted by Gasteiger charge is -2.28. The summed E-state index contributed by atoms with van der Waals surface area (Å²) in [5, 5.41) is 47.4. The SMILES string of the molecule is CC(C)C(=O)CCC(NC(=O)CC[C@H](NC(=O)CCC(NC(=O)[C@H]1CC[C@H](CNC(=O)CCCCCCCCCCCCCCCCCCC(=O)O)CC1)C(=O)O)C(=O)O)C(=O)O. The van der Waals surface area contributed by atoms with Crippen LogP contribution >= 0.6 is 0 Å². The third-order valence-corrected chi connectivity index (χ3v) is 11.9. The van der Waals surface area contributed by atoms with Crippen molar-refractivity contribution < 1.29 is 63.6 Å². The Morgan fingerprint density at radius 2 is 0.810 bits per heavy atom. The van der Waals surface area contributed by atoms with Gasteiger partial charge in [-0.05, 0) is 63.7 Å². The van der Waals surface area contributed by atoms with Gasteiger partial charge in [0.1, 0.15) is 23.9 Å². The highest BCUT2D eigenvalue weighted by Gasteiger charge is 2.31. The molecule has 1 aliphatic carbocycles. The Labute approximate surface area is 373 Å². The van der Waals surface area contributed by atoms with Gasteiger partial charge >= 0.3 is 23.9 Å². The maximum atomic E-state index is 13.0. The van der Waals surface area contributed by atoms with Crippen LogP contribution in [0.3, 0.4) is 0 Å². The van der Waals surface area contributed by atoms with Crippen molar-refractivity contribution in [2.75, 3.05) is 6.54 Å². The summed E-state index contributed by atoms with van der Waals surface area (Å²) < 4.78 is 0. The van der Waals surface area contributed by atoms with Crippen LogP contribution in [0, 0.1) is 17.8 Å². The van der Waals surface area contributed by atoms with Crippen molar-refractivity contribution in [1.82, 2.24) is 21.3 Å². The van der Waals surface area contributed by atoms with Gasteiger partial charge in [-0.3, -0.25) is 28.8 Å². The lowest BCUT2D eigenvalue weighted by atomic mass is 9.81. The van der Waals surface area contributed by atoms with Gasteiger partial charge in [0.15, 0.2) is 0 Å². The van der Waals surface area contributed by atoms with E-state index >= 15 is 0 Å². The first-order valence-corrected chi connectivity index (χ1v) is 23.6. The summed E-state index contributed by atoms with van der Waals surface area (Å²) in [5.74, 6) is -7.52. The van der Waals surface area contributed by atoms with Crippen LogP contribution in [-0.2, 0) is 43.2 Å². The van der Waals surface area contributed by atoms with E-state index in [4.69, 9.17) is 5.11 Å². The van der Waals surface area contributed by atoms with Crippen LogP contribution in [0.4, 0.5) is 0 Å². The maximum absolute atomic E-state index is 13.0. The molecule has 17 heteroatoms. The number of carboxylic acids is 4. The van der Waals surface area contributed by atoms with Gasteiger partial charge in [-0.15, -0.1) is 0 Å². The average Bonchev–Trinajstić information content (AvgIpc) is 3.23. The number of amides is 4. The van der Waals surface area contributed by atoms with Gasteiger partial charge in [0, 0.05) is 50.5 Å². The van der Waals surface area contributed by atoms with Crippen LogP contribution in [0.2, 0.25) is 0 Å². The van der Waals surface area contributed by atoms with Crippen molar-refractivity contribution >= 4 is 53.3 Å². The highest BCUT2D eigenvalue weighted by atomic mass is 16.4. The van der Waals surface area contributed by atoms with E-state index in [0.717, 1.165) is 38.5 Å². The Hall–Kier alpha value is -4.57. The number of hydrogen-bond acceptors (Lipinski definition) is 9. The molecular formula is C46H78N4O13. The Kier molecular flexibility index (Phi) is 30.4. The molecule has 17 nitrogen and oxygen atoms in total. The molecule has 360 valence electrons. The van der Waals surface area contributed by atoms with Crippen LogP contribution < -0.4 is 21.3 Å². The number of nitrogens with one attached hydrogen (secondary N) is 4. The fourth-order valence-electron chi connectivity index (χ4n) is 7.73. The number of carbonyl (C=O) groups excluding carboxylic acids is 5. The zero-order valence-corrected chi connectivity index (χ0v) is 37.9. The van der Waals surface area contributed by atoms with Gasteiger partial charge in [-0.25, -0.2) is 14.4 Å². The summed E-state index contributed by atoms with van der Waals surface area (Å²) in [4.78, 5) is 108. The van der Waals surface area contributed by atoms with Crippen molar-refractivity contribution in [2.45, 2.75) is 212 Å². The number of aliphatic carboxylic acids is 4. The molecule has 0 radical (unpaired) electrons. The van der Waals surface area contributed by atoms with Crippen molar-refractivity contribution in [1.29, 1.82) is 0 Å². The lowest BCUT2D eigenvalue weighted by molar-refractivity contribution is -0.144. The van der Waals surface area contributed by atoms with E-state index in [1.807, 2.05) is 0 Å². The molecule has 63 heavy (non-hydrogen) atoms. The van der Waals surface area contributed by atoms with Gasteiger partial charge in [-0.2, -0.15) is 0 Å². The minimum atomic E-state index is -1.52.